The van der Waals surface area contributed by atoms with Crippen LogP contribution in [0.15, 0.2) is 42.5 Å². The van der Waals surface area contributed by atoms with Gasteiger partial charge in [0.25, 0.3) is 0 Å². The van der Waals surface area contributed by atoms with Crippen molar-refractivity contribution in [3.8, 4) is 17.6 Å². The summed E-state index contributed by atoms with van der Waals surface area (Å²) in [6.07, 6.45) is 0. The number of carbonyl (C=O) groups is 1. The van der Waals surface area contributed by atoms with Crippen LogP contribution in [-0.4, -0.2) is 26.0 Å². The Balaban J connectivity index is 1.91. The first-order chi connectivity index (χ1) is 11.1. The average molecular weight is 310 g/mol. The summed E-state index contributed by atoms with van der Waals surface area (Å²) < 4.78 is 10.7. The van der Waals surface area contributed by atoms with Crippen LogP contribution in [0.3, 0.4) is 0 Å². The second kappa shape index (κ2) is 7.85. The van der Waals surface area contributed by atoms with E-state index < -0.39 is 0 Å². The molecule has 0 saturated carbocycles. The second-order valence-electron chi connectivity index (χ2n) is 4.88. The van der Waals surface area contributed by atoms with E-state index in [2.05, 4.69) is 11.4 Å². The summed E-state index contributed by atoms with van der Waals surface area (Å²) >= 11 is 0. The molecule has 0 bridgehead atoms. The van der Waals surface area contributed by atoms with Crippen LogP contribution in [0, 0.1) is 11.3 Å². The molecule has 1 N–H and O–H groups in total. The number of anilines is 1. The number of Topliss-reactive ketones (excluding diaryl/α,β-unsaturated/α-hetero) is 1. The number of rotatable bonds is 7. The number of nitriles is 1. The van der Waals surface area contributed by atoms with Crippen molar-refractivity contribution in [3.63, 3.8) is 0 Å². The summed E-state index contributed by atoms with van der Waals surface area (Å²) in [5.41, 5.74) is 1.71. The van der Waals surface area contributed by atoms with Gasteiger partial charge in [-0.2, -0.15) is 5.26 Å². The van der Waals surface area contributed by atoms with Crippen molar-refractivity contribution in [3.05, 3.63) is 53.6 Å². The highest BCUT2D eigenvalue weighted by atomic mass is 16.5. The normalized spacial score (nSPS) is 9.78. The van der Waals surface area contributed by atoms with Gasteiger partial charge < -0.3 is 14.8 Å². The maximum atomic E-state index is 11.4. The van der Waals surface area contributed by atoms with Crippen LogP contribution in [0.5, 0.6) is 11.5 Å². The van der Waals surface area contributed by atoms with Gasteiger partial charge >= 0.3 is 0 Å². The number of methoxy groups -OCH3 is 1. The monoisotopic (exact) mass is 310 g/mol. The van der Waals surface area contributed by atoms with Crippen LogP contribution in [-0.2, 0) is 0 Å². The lowest BCUT2D eigenvalue weighted by molar-refractivity contribution is 0.101. The second-order valence-corrected chi connectivity index (χ2v) is 4.88. The molecule has 0 unspecified atom stereocenters. The molecule has 5 nitrogen and oxygen atoms in total. The Morgan fingerprint density at radius 2 is 1.87 bits per heavy atom. The minimum atomic E-state index is -0.0352. The zero-order chi connectivity index (χ0) is 16.7. The van der Waals surface area contributed by atoms with Crippen LogP contribution < -0.4 is 14.8 Å². The molecule has 0 aliphatic heterocycles. The molecule has 2 rings (SSSR count). The summed E-state index contributed by atoms with van der Waals surface area (Å²) in [4.78, 5) is 11.4. The number of nitrogens with one attached hydrogen (secondary N) is 1. The number of ketones is 1. The lowest BCUT2D eigenvalue weighted by atomic mass is 10.1. The van der Waals surface area contributed by atoms with Gasteiger partial charge in [0, 0.05) is 12.1 Å². The van der Waals surface area contributed by atoms with Gasteiger partial charge in [-0.15, -0.1) is 0 Å². The Bertz CT molecular complexity index is 718. The Hall–Kier alpha value is -3.00. The predicted octanol–water partition coefficient (Wildman–Crippen LogP) is 3.26. The quantitative estimate of drug-likeness (QED) is 0.628. The molecule has 0 fully saturated rings. The molecule has 0 aliphatic rings. The van der Waals surface area contributed by atoms with Gasteiger partial charge in [0.2, 0.25) is 0 Å². The molecular weight excluding hydrogens is 292 g/mol. The Morgan fingerprint density at radius 3 is 2.48 bits per heavy atom. The van der Waals surface area contributed by atoms with E-state index in [0.29, 0.717) is 30.0 Å². The number of nitrogens with zero attached hydrogens (tertiary/aromatic N) is 1. The summed E-state index contributed by atoms with van der Waals surface area (Å²) in [5.74, 6) is 1.48. The van der Waals surface area contributed by atoms with E-state index in [-0.39, 0.29) is 5.78 Å². The Labute approximate surface area is 135 Å². The molecule has 0 saturated heterocycles. The van der Waals surface area contributed by atoms with Gasteiger partial charge in [-0.1, -0.05) is 0 Å². The largest absolute Gasteiger partial charge is 0.497 e. The lowest BCUT2D eigenvalue weighted by Gasteiger charge is -2.11. The molecule has 0 atom stereocenters. The summed E-state index contributed by atoms with van der Waals surface area (Å²) in [6, 6.07) is 14.4. The summed E-state index contributed by atoms with van der Waals surface area (Å²) in [5, 5.41) is 12.2. The molecule has 0 amide bonds. The van der Waals surface area contributed by atoms with Crippen LogP contribution in [0.2, 0.25) is 0 Å². The van der Waals surface area contributed by atoms with Gasteiger partial charge in [-0.25, -0.2) is 0 Å². The van der Waals surface area contributed by atoms with Crippen molar-refractivity contribution in [1.82, 2.24) is 0 Å². The third-order valence-corrected chi connectivity index (χ3v) is 3.29. The first-order valence-corrected chi connectivity index (χ1v) is 7.20. The van der Waals surface area contributed by atoms with E-state index in [1.54, 1.807) is 25.3 Å². The third kappa shape index (κ3) is 4.48. The highest BCUT2D eigenvalue weighted by Gasteiger charge is 2.06. The van der Waals surface area contributed by atoms with Crippen LogP contribution in [0.1, 0.15) is 22.8 Å². The molecule has 5 heteroatoms. The fourth-order valence-corrected chi connectivity index (χ4v) is 2.03. The first kappa shape index (κ1) is 16.4. The van der Waals surface area contributed by atoms with Crippen molar-refractivity contribution >= 4 is 11.5 Å². The molecule has 0 radical (unpaired) electrons. The molecule has 0 heterocycles. The summed E-state index contributed by atoms with van der Waals surface area (Å²) in [6.45, 7) is 2.45. The molecule has 0 aromatic heterocycles. The zero-order valence-corrected chi connectivity index (χ0v) is 13.1. The van der Waals surface area contributed by atoms with Crippen LogP contribution in [0.4, 0.5) is 5.69 Å². The fraction of sp³-hybridized carbons (Fsp3) is 0.222. The molecule has 0 spiro atoms. The predicted molar refractivity (Wildman–Crippen MR) is 88.1 cm³/mol. The van der Waals surface area contributed by atoms with E-state index in [1.165, 1.54) is 6.92 Å². The average Bonchev–Trinajstić information content (AvgIpc) is 2.59. The van der Waals surface area contributed by atoms with Crippen molar-refractivity contribution in [1.29, 1.82) is 5.26 Å². The lowest BCUT2D eigenvalue weighted by Crippen LogP contribution is -2.12. The Morgan fingerprint density at radius 1 is 1.17 bits per heavy atom. The number of ether oxygens (including phenoxy) is 2. The number of hydrogen-bond acceptors (Lipinski definition) is 5. The van der Waals surface area contributed by atoms with E-state index in [4.69, 9.17) is 14.7 Å². The Kier molecular flexibility index (Phi) is 5.59. The van der Waals surface area contributed by atoms with Gasteiger partial charge in [0.15, 0.2) is 5.78 Å². The number of hydrogen-bond donors (Lipinski definition) is 1. The minimum absolute atomic E-state index is 0.0352. The summed E-state index contributed by atoms with van der Waals surface area (Å²) in [7, 11) is 1.61. The van der Waals surface area contributed by atoms with E-state index in [0.717, 1.165) is 11.5 Å². The van der Waals surface area contributed by atoms with Crippen molar-refractivity contribution in [2.75, 3.05) is 25.6 Å². The van der Waals surface area contributed by atoms with E-state index >= 15 is 0 Å². The highest BCUT2D eigenvalue weighted by Crippen LogP contribution is 2.18. The topological polar surface area (TPSA) is 71.3 Å². The van der Waals surface area contributed by atoms with E-state index in [9.17, 15) is 4.79 Å². The van der Waals surface area contributed by atoms with Crippen molar-refractivity contribution in [2.45, 2.75) is 6.92 Å². The maximum absolute atomic E-state index is 11.4. The molecule has 0 aliphatic carbocycles. The third-order valence-electron chi connectivity index (χ3n) is 3.29. The van der Waals surface area contributed by atoms with Crippen LogP contribution >= 0.6 is 0 Å². The standard InChI is InChI=1S/C18H18N2O3/c1-13(21)14-3-4-15(12-19)18(11-14)20-9-10-23-17-7-5-16(22-2)6-8-17/h3-8,11,20H,9-10H2,1-2H3. The van der Waals surface area contributed by atoms with Gasteiger partial charge in [0.1, 0.15) is 24.2 Å². The number of carbonyl (C=O) groups excluding carboxylic acids is 1. The van der Waals surface area contributed by atoms with Gasteiger partial charge in [-0.3, -0.25) is 4.79 Å². The van der Waals surface area contributed by atoms with Crippen molar-refractivity contribution < 1.29 is 14.3 Å². The molecule has 2 aromatic rings. The minimum Gasteiger partial charge on any atom is -0.497 e. The maximum Gasteiger partial charge on any atom is 0.159 e. The van der Waals surface area contributed by atoms with Gasteiger partial charge in [0.05, 0.1) is 18.4 Å². The molecule has 118 valence electrons. The SMILES string of the molecule is COc1ccc(OCCNc2cc(C(C)=O)ccc2C#N)cc1. The highest BCUT2D eigenvalue weighted by molar-refractivity contribution is 5.95. The first-order valence-electron chi connectivity index (χ1n) is 7.20. The molecule has 2 aromatic carbocycles. The van der Waals surface area contributed by atoms with Crippen LogP contribution in [0.25, 0.3) is 0 Å². The number of benzene rings is 2. The van der Waals surface area contributed by atoms with Gasteiger partial charge in [-0.05, 0) is 49.4 Å². The van der Waals surface area contributed by atoms with Crippen molar-refractivity contribution in [2.24, 2.45) is 0 Å². The fourth-order valence-electron chi connectivity index (χ4n) is 2.03. The molecular formula is C18H18N2O3. The smallest absolute Gasteiger partial charge is 0.159 e. The van der Waals surface area contributed by atoms with E-state index in [1.807, 2.05) is 24.3 Å². The molecule has 23 heavy (non-hydrogen) atoms. The zero-order valence-electron chi connectivity index (χ0n) is 13.1.